The van der Waals surface area contributed by atoms with Crippen LogP contribution in [-0.2, 0) is 19.4 Å². The van der Waals surface area contributed by atoms with Gasteiger partial charge in [0.2, 0.25) is 0 Å². The van der Waals surface area contributed by atoms with E-state index in [1.165, 1.54) is 48.3 Å². The normalized spacial score (nSPS) is 18.0. The Balaban J connectivity index is 1.68. The van der Waals surface area contributed by atoms with Gasteiger partial charge in [-0.3, -0.25) is 4.98 Å². The topological polar surface area (TPSA) is 42.7 Å². The predicted octanol–water partition coefficient (Wildman–Crippen LogP) is 2.40. The molecule has 0 saturated heterocycles. The van der Waals surface area contributed by atoms with E-state index in [0.717, 1.165) is 25.4 Å². The fraction of sp³-hybridized carbons (Fsp3) is 0.500. The van der Waals surface area contributed by atoms with Gasteiger partial charge in [-0.15, -0.1) is 0 Å². The van der Waals surface area contributed by atoms with Crippen molar-refractivity contribution in [2.75, 3.05) is 0 Å². The van der Waals surface area contributed by atoms with Crippen molar-refractivity contribution in [2.24, 2.45) is 0 Å². The van der Waals surface area contributed by atoms with Crippen LogP contribution in [0.5, 0.6) is 0 Å². The zero-order valence-electron chi connectivity index (χ0n) is 11.7. The van der Waals surface area contributed by atoms with Crippen LogP contribution < -0.4 is 5.32 Å². The highest BCUT2D eigenvalue weighted by molar-refractivity contribution is 5.41. The minimum Gasteiger partial charge on any atom is -0.310 e. The highest BCUT2D eigenvalue weighted by Crippen LogP contribution is 2.25. The summed E-state index contributed by atoms with van der Waals surface area (Å²) in [6.07, 6.45) is 13.3. The lowest BCUT2D eigenvalue weighted by atomic mass is 10.0. The summed E-state index contributed by atoms with van der Waals surface area (Å²) >= 11 is 0. The average Bonchev–Trinajstić information content (AvgIpc) is 3.23. The molecule has 4 rings (SSSR count). The molecule has 1 N–H and O–H groups in total. The SMILES string of the molecule is c1cc(CNC2CC2)c(-n2cnc3c2CCCC3)cn1. The summed E-state index contributed by atoms with van der Waals surface area (Å²) in [5, 5.41) is 3.59. The molecule has 1 saturated carbocycles. The molecule has 4 heteroatoms. The number of fused-ring (bicyclic) bond motifs is 1. The summed E-state index contributed by atoms with van der Waals surface area (Å²) < 4.78 is 2.26. The third-order valence-corrected chi connectivity index (χ3v) is 4.34. The maximum atomic E-state index is 4.60. The summed E-state index contributed by atoms with van der Waals surface area (Å²) in [6, 6.07) is 2.85. The lowest BCUT2D eigenvalue weighted by Crippen LogP contribution is -2.17. The van der Waals surface area contributed by atoms with Crippen LogP contribution >= 0.6 is 0 Å². The second-order valence-corrected chi connectivity index (χ2v) is 5.87. The Kier molecular flexibility index (Phi) is 3.03. The van der Waals surface area contributed by atoms with Crippen molar-refractivity contribution in [3.05, 3.63) is 41.7 Å². The van der Waals surface area contributed by atoms with Crippen molar-refractivity contribution >= 4 is 0 Å². The molecule has 0 atom stereocenters. The molecule has 0 spiro atoms. The minimum atomic E-state index is 0.729. The molecule has 2 heterocycles. The fourth-order valence-corrected chi connectivity index (χ4v) is 3.00. The molecular weight excluding hydrogens is 248 g/mol. The zero-order chi connectivity index (χ0) is 13.4. The maximum Gasteiger partial charge on any atom is 0.0998 e. The van der Waals surface area contributed by atoms with Crippen LogP contribution in [0.1, 0.15) is 42.6 Å². The Bertz CT molecular complexity index is 613. The zero-order valence-corrected chi connectivity index (χ0v) is 11.7. The Morgan fingerprint density at radius 1 is 1.25 bits per heavy atom. The van der Waals surface area contributed by atoms with Crippen LogP contribution in [0.15, 0.2) is 24.8 Å². The minimum absolute atomic E-state index is 0.729. The first-order chi connectivity index (χ1) is 9.92. The number of aromatic nitrogens is 3. The van der Waals surface area contributed by atoms with Crippen molar-refractivity contribution in [1.29, 1.82) is 0 Å². The van der Waals surface area contributed by atoms with Gasteiger partial charge in [-0.25, -0.2) is 4.98 Å². The Hall–Kier alpha value is -1.68. The second-order valence-electron chi connectivity index (χ2n) is 5.87. The Morgan fingerprint density at radius 2 is 2.15 bits per heavy atom. The van der Waals surface area contributed by atoms with Gasteiger partial charge in [0.15, 0.2) is 0 Å². The highest BCUT2D eigenvalue weighted by Gasteiger charge is 2.21. The summed E-state index contributed by atoms with van der Waals surface area (Å²) in [6.45, 7) is 0.926. The third kappa shape index (κ3) is 2.24. The highest BCUT2D eigenvalue weighted by atomic mass is 15.1. The number of rotatable bonds is 4. The van der Waals surface area contributed by atoms with Crippen molar-refractivity contribution < 1.29 is 0 Å². The van der Waals surface area contributed by atoms with Crippen LogP contribution in [0.3, 0.4) is 0 Å². The first-order valence-corrected chi connectivity index (χ1v) is 7.63. The molecule has 2 aliphatic rings. The lowest BCUT2D eigenvalue weighted by Gasteiger charge is -2.16. The molecule has 0 aromatic carbocycles. The molecule has 0 amide bonds. The van der Waals surface area contributed by atoms with Crippen LogP contribution in [-0.4, -0.2) is 20.6 Å². The number of aryl methyl sites for hydroxylation is 1. The molecule has 20 heavy (non-hydrogen) atoms. The van der Waals surface area contributed by atoms with Crippen molar-refractivity contribution in [2.45, 2.75) is 51.1 Å². The van der Waals surface area contributed by atoms with E-state index in [1.807, 2.05) is 18.7 Å². The second kappa shape index (κ2) is 5.02. The smallest absolute Gasteiger partial charge is 0.0998 e. The van der Waals surface area contributed by atoms with Gasteiger partial charge in [-0.1, -0.05) is 0 Å². The van der Waals surface area contributed by atoms with Gasteiger partial charge < -0.3 is 9.88 Å². The third-order valence-electron chi connectivity index (χ3n) is 4.34. The first-order valence-electron chi connectivity index (χ1n) is 7.63. The van der Waals surface area contributed by atoms with E-state index < -0.39 is 0 Å². The van der Waals surface area contributed by atoms with E-state index in [4.69, 9.17) is 0 Å². The van der Waals surface area contributed by atoms with Crippen LogP contribution in [0.2, 0.25) is 0 Å². The van der Waals surface area contributed by atoms with E-state index in [9.17, 15) is 0 Å². The molecule has 104 valence electrons. The quantitative estimate of drug-likeness (QED) is 0.926. The van der Waals surface area contributed by atoms with Gasteiger partial charge in [0.25, 0.3) is 0 Å². The van der Waals surface area contributed by atoms with Gasteiger partial charge in [0, 0.05) is 24.5 Å². The van der Waals surface area contributed by atoms with Gasteiger partial charge in [0.05, 0.1) is 23.9 Å². The van der Waals surface area contributed by atoms with Gasteiger partial charge in [-0.2, -0.15) is 0 Å². The molecule has 1 fully saturated rings. The number of imidazole rings is 1. The van der Waals surface area contributed by atoms with E-state index in [1.54, 1.807) is 0 Å². The lowest BCUT2D eigenvalue weighted by molar-refractivity contribution is 0.651. The van der Waals surface area contributed by atoms with E-state index in [0.29, 0.717) is 0 Å². The molecule has 0 bridgehead atoms. The largest absolute Gasteiger partial charge is 0.310 e. The molecule has 2 aliphatic carbocycles. The molecule has 0 radical (unpaired) electrons. The fourth-order valence-electron chi connectivity index (χ4n) is 3.00. The molecule has 0 aliphatic heterocycles. The standard InChI is InChI=1S/C16H20N4/c1-2-4-15-14(3-1)19-11-20(15)16-10-17-8-7-12(16)9-18-13-5-6-13/h7-8,10-11,13,18H,1-6,9H2. The number of hydrogen-bond acceptors (Lipinski definition) is 3. The number of nitrogens with one attached hydrogen (secondary N) is 1. The van der Waals surface area contributed by atoms with E-state index >= 15 is 0 Å². The molecule has 2 aromatic heterocycles. The average molecular weight is 268 g/mol. The van der Waals surface area contributed by atoms with E-state index in [-0.39, 0.29) is 0 Å². The Morgan fingerprint density at radius 3 is 3.05 bits per heavy atom. The van der Waals surface area contributed by atoms with Crippen LogP contribution in [0.25, 0.3) is 5.69 Å². The maximum absolute atomic E-state index is 4.60. The first kappa shape index (κ1) is 12.1. The number of pyridine rings is 1. The number of hydrogen-bond donors (Lipinski definition) is 1. The van der Waals surface area contributed by atoms with E-state index in [2.05, 4.69) is 25.9 Å². The summed E-state index contributed by atoms with van der Waals surface area (Å²) in [5.41, 5.74) is 5.17. The van der Waals surface area contributed by atoms with Gasteiger partial charge in [0.1, 0.15) is 0 Å². The van der Waals surface area contributed by atoms with Crippen molar-refractivity contribution in [3.8, 4) is 5.69 Å². The summed E-state index contributed by atoms with van der Waals surface area (Å²) in [4.78, 5) is 8.91. The predicted molar refractivity (Wildman–Crippen MR) is 77.9 cm³/mol. The molecular formula is C16H20N4. The van der Waals surface area contributed by atoms with Crippen molar-refractivity contribution in [3.63, 3.8) is 0 Å². The summed E-state index contributed by atoms with van der Waals surface area (Å²) in [7, 11) is 0. The van der Waals surface area contributed by atoms with Crippen LogP contribution in [0.4, 0.5) is 0 Å². The number of nitrogens with zero attached hydrogens (tertiary/aromatic N) is 3. The summed E-state index contributed by atoms with van der Waals surface area (Å²) in [5.74, 6) is 0. The van der Waals surface area contributed by atoms with Crippen molar-refractivity contribution in [1.82, 2.24) is 19.9 Å². The monoisotopic (exact) mass is 268 g/mol. The Labute approximate surface area is 119 Å². The van der Waals surface area contributed by atoms with Gasteiger partial charge >= 0.3 is 0 Å². The molecule has 2 aromatic rings. The molecule has 0 unspecified atom stereocenters. The van der Waals surface area contributed by atoms with Gasteiger partial charge in [-0.05, 0) is 50.2 Å². The van der Waals surface area contributed by atoms with Crippen LogP contribution in [0, 0.1) is 0 Å². The molecule has 4 nitrogen and oxygen atoms in total.